The average Bonchev–Trinajstić information content (AvgIpc) is 3.06. The number of fused-ring (bicyclic) bond motifs is 1. The number of ether oxygens (including phenoxy) is 1. The molecule has 0 saturated heterocycles. The molecule has 1 amide bonds. The minimum absolute atomic E-state index is 0.0361. The number of hydrogen-bond donors (Lipinski definition) is 1. The van der Waals surface area contributed by atoms with Gasteiger partial charge < -0.3 is 19.5 Å². The molecule has 1 aromatic carbocycles. The van der Waals surface area contributed by atoms with Gasteiger partial charge in [-0.2, -0.15) is 0 Å². The Morgan fingerprint density at radius 1 is 1.33 bits per heavy atom. The largest absolute Gasteiger partial charge is 0.492 e. The number of nitrogens with zero attached hydrogens (tertiary/aromatic N) is 4. The second-order valence-electron chi connectivity index (χ2n) is 6.90. The molecular formula is C20H29N5O2. The molecule has 7 nitrogen and oxygen atoms in total. The molecule has 2 aromatic rings. The number of aromatic nitrogens is 3. The fourth-order valence-corrected chi connectivity index (χ4v) is 3.42. The Balaban J connectivity index is 1.55. The Morgan fingerprint density at radius 3 is 2.93 bits per heavy atom. The summed E-state index contributed by atoms with van der Waals surface area (Å²) in [5.74, 6) is 2.58. The SMILES string of the molecule is CCN(CC)CCOc1cccc(NC(=O)C2CCc3nnc(C)n3C2)c1. The van der Waals surface area contributed by atoms with Crippen molar-refractivity contribution in [3.63, 3.8) is 0 Å². The van der Waals surface area contributed by atoms with Crippen LogP contribution in [0.1, 0.15) is 31.9 Å². The highest BCUT2D eigenvalue weighted by atomic mass is 16.5. The Kier molecular flexibility index (Phi) is 6.45. The molecule has 1 aromatic heterocycles. The summed E-state index contributed by atoms with van der Waals surface area (Å²) >= 11 is 0. The number of amides is 1. The van der Waals surface area contributed by atoms with E-state index in [1.54, 1.807) is 0 Å². The first-order valence-corrected chi connectivity index (χ1v) is 9.75. The van der Waals surface area contributed by atoms with Gasteiger partial charge >= 0.3 is 0 Å². The number of carbonyl (C=O) groups excluding carboxylic acids is 1. The van der Waals surface area contributed by atoms with E-state index in [9.17, 15) is 4.79 Å². The Hall–Kier alpha value is -2.41. The lowest BCUT2D eigenvalue weighted by atomic mass is 9.98. The predicted molar refractivity (Wildman–Crippen MR) is 105 cm³/mol. The number of aryl methyl sites for hydroxylation is 2. The number of anilines is 1. The van der Waals surface area contributed by atoms with Crippen LogP contribution >= 0.6 is 0 Å². The molecule has 0 bridgehead atoms. The fourth-order valence-electron chi connectivity index (χ4n) is 3.42. The molecule has 2 heterocycles. The van der Waals surface area contributed by atoms with Crippen LogP contribution in [0.25, 0.3) is 0 Å². The number of hydrogen-bond acceptors (Lipinski definition) is 5. The van der Waals surface area contributed by atoms with Gasteiger partial charge in [0.25, 0.3) is 0 Å². The molecule has 1 N–H and O–H groups in total. The lowest BCUT2D eigenvalue weighted by Gasteiger charge is -2.23. The van der Waals surface area contributed by atoms with Crippen LogP contribution in [0.2, 0.25) is 0 Å². The third-order valence-electron chi connectivity index (χ3n) is 5.17. The Bertz CT molecular complexity index is 769. The maximum Gasteiger partial charge on any atom is 0.229 e. The van der Waals surface area contributed by atoms with Crippen LogP contribution in [0, 0.1) is 12.8 Å². The van der Waals surface area contributed by atoms with Crippen LogP contribution in [0.15, 0.2) is 24.3 Å². The van der Waals surface area contributed by atoms with Crippen LogP contribution < -0.4 is 10.1 Å². The van der Waals surface area contributed by atoms with Crippen LogP contribution in [-0.2, 0) is 17.8 Å². The van der Waals surface area contributed by atoms with E-state index in [1.165, 1.54) is 0 Å². The summed E-state index contributed by atoms with van der Waals surface area (Å²) < 4.78 is 7.89. The van der Waals surface area contributed by atoms with Gasteiger partial charge in [-0.3, -0.25) is 4.79 Å². The first-order valence-electron chi connectivity index (χ1n) is 9.75. The summed E-state index contributed by atoms with van der Waals surface area (Å²) in [4.78, 5) is 15.0. The summed E-state index contributed by atoms with van der Waals surface area (Å²) in [7, 11) is 0. The predicted octanol–water partition coefficient (Wildman–Crippen LogP) is 2.51. The van der Waals surface area contributed by atoms with Crippen molar-refractivity contribution in [3.05, 3.63) is 35.9 Å². The maximum atomic E-state index is 12.7. The van der Waals surface area contributed by atoms with E-state index in [4.69, 9.17) is 4.74 Å². The number of likely N-dealkylation sites (N-methyl/N-ethyl adjacent to an activating group) is 1. The minimum atomic E-state index is -0.0700. The lowest BCUT2D eigenvalue weighted by Crippen LogP contribution is -2.31. The maximum absolute atomic E-state index is 12.7. The van der Waals surface area contributed by atoms with Crippen molar-refractivity contribution in [1.82, 2.24) is 19.7 Å². The van der Waals surface area contributed by atoms with Crippen molar-refractivity contribution in [1.29, 1.82) is 0 Å². The zero-order valence-electron chi connectivity index (χ0n) is 16.4. The summed E-state index contributed by atoms with van der Waals surface area (Å²) in [6.07, 6.45) is 1.58. The van der Waals surface area contributed by atoms with Crippen LogP contribution in [0.4, 0.5) is 5.69 Å². The van der Waals surface area contributed by atoms with Crippen LogP contribution in [0.3, 0.4) is 0 Å². The molecule has 146 valence electrons. The summed E-state index contributed by atoms with van der Waals surface area (Å²) in [6, 6.07) is 7.61. The van der Waals surface area contributed by atoms with Crippen molar-refractivity contribution in [2.24, 2.45) is 5.92 Å². The van der Waals surface area contributed by atoms with E-state index in [0.29, 0.717) is 13.2 Å². The van der Waals surface area contributed by atoms with Crippen molar-refractivity contribution >= 4 is 11.6 Å². The van der Waals surface area contributed by atoms with Gasteiger partial charge in [0.05, 0.1) is 5.92 Å². The van der Waals surface area contributed by atoms with Gasteiger partial charge in [-0.1, -0.05) is 19.9 Å². The third kappa shape index (κ3) is 4.86. The van der Waals surface area contributed by atoms with E-state index in [1.807, 2.05) is 35.8 Å². The molecule has 0 aliphatic carbocycles. The lowest BCUT2D eigenvalue weighted by molar-refractivity contribution is -0.120. The molecular weight excluding hydrogens is 342 g/mol. The minimum Gasteiger partial charge on any atom is -0.492 e. The summed E-state index contributed by atoms with van der Waals surface area (Å²) in [6.45, 7) is 10.4. The van der Waals surface area contributed by atoms with E-state index in [2.05, 4.69) is 34.3 Å². The number of benzene rings is 1. The molecule has 1 aliphatic heterocycles. The standard InChI is InChI=1S/C20H29N5O2/c1-4-24(5-2)11-12-27-18-8-6-7-17(13-18)21-20(26)16-9-10-19-23-22-15(3)25(19)14-16/h6-8,13,16H,4-5,9-12,14H2,1-3H3,(H,21,26). The molecule has 1 unspecified atom stereocenters. The zero-order chi connectivity index (χ0) is 19.2. The van der Waals surface area contributed by atoms with Gasteiger partial charge in [-0.25, -0.2) is 0 Å². The monoisotopic (exact) mass is 371 g/mol. The second-order valence-corrected chi connectivity index (χ2v) is 6.90. The molecule has 1 atom stereocenters. The van der Waals surface area contributed by atoms with Gasteiger partial charge in [-0.05, 0) is 38.6 Å². The van der Waals surface area contributed by atoms with E-state index in [0.717, 1.165) is 55.6 Å². The summed E-state index contributed by atoms with van der Waals surface area (Å²) in [5, 5.41) is 11.3. The number of nitrogens with one attached hydrogen (secondary N) is 1. The van der Waals surface area contributed by atoms with Gasteiger partial charge in [0.1, 0.15) is 24.0 Å². The Morgan fingerprint density at radius 2 is 2.15 bits per heavy atom. The summed E-state index contributed by atoms with van der Waals surface area (Å²) in [5.41, 5.74) is 0.770. The topological polar surface area (TPSA) is 72.3 Å². The molecule has 0 saturated carbocycles. The normalized spacial score (nSPS) is 16.2. The molecule has 7 heteroatoms. The van der Waals surface area contributed by atoms with Crippen molar-refractivity contribution < 1.29 is 9.53 Å². The smallest absolute Gasteiger partial charge is 0.229 e. The highest BCUT2D eigenvalue weighted by molar-refractivity contribution is 5.92. The van der Waals surface area contributed by atoms with E-state index >= 15 is 0 Å². The fraction of sp³-hybridized carbons (Fsp3) is 0.550. The van der Waals surface area contributed by atoms with Gasteiger partial charge in [0, 0.05) is 31.3 Å². The number of rotatable bonds is 8. The highest BCUT2D eigenvalue weighted by Gasteiger charge is 2.26. The molecule has 0 radical (unpaired) electrons. The van der Waals surface area contributed by atoms with Crippen LogP contribution in [0.5, 0.6) is 5.75 Å². The van der Waals surface area contributed by atoms with Crippen molar-refractivity contribution in [2.45, 2.75) is 40.2 Å². The van der Waals surface area contributed by atoms with Crippen molar-refractivity contribution in [2.75, 3.05) is 31.6 Å². The second kappa shape index (κ2) is 8.99. The third-order valence-corrected chi connectivity index (χ3v) is 5.17. The van der Waals surface area contributed by atoms with Gasteiger partial charge in [-0.15, -0.1) is 10.2 Å². The zero-order valence-corrected chi connectivity index (χ0v) is 16.4. The number of carbonyl (C=O) groups is 1. The first-order chi connectivity index (χ1) is 13.1. The molecule has 0 spiro atoms. The van der Waals surface area contributed by atoms with Gasteiger partial charge in [0.2, 0.25) is 5.91 Å². The first kappa shape index (κ1) is 19.4. The van der Waals surface area contributed by atoms with Crippen molar-refractivity contribution in [3.8, 4) is 5.75 Å². The van der Waals surface area contributed by atoms with Gasteiger partial charge in [0.15, 0.2) is 0 Å². The average molecular weight is 371 g/mol. The Labute approximate surface area is 160 Å². The molecule has 3 rings (SSSR count). The van der Waals surface area contributed by atoms with E-state index in [-0.39, 0.29) is 11.8 Å². The highest BCUT2D eigenvalue weighted by Crippen LogP contribution is 2.23. The molecule has 0 fully saturated rings. The van der Waals surface area contributed by atoms with Crippen LogP contribution in [-0.4, -0.2) is 51.8 Å². The molecule has 1 aliphatic rings. The quantitative estimate of drug-likeness (QED) is 0.772. The van der Waals surface area contributed by atoms with E-state index < -0.39 is 0 Å². The molecule has 27 heavy (non-hydrogen) atoms.